The van der Waals surface area contributed by atoms with Crippen molar-refractivity contribution in [2.24, 2.45) is 0 Å². The molecule has 0 aliphatic carbocycles. The van der Waals surface area contributed by atoms with E-state index in [0.29, 0.717) is 12.1 Å². The minimum Gasteiger partial charge on any atom is -0.465 e. The maximum absolute atomic E-state index is 12.8. The van der Waals surface area contributed by atoms with Crippen molar-refractivity contribution in [3.05, 3.63) is 95.6 Å². The van der Waals surface area contributed by atoms with Crippen LogP contribution in [0, 0.1) is 0 Å². The summed E-state index contributed by atoms with van der Waals surface area (Å²) in [6.07, 6.45) is 0.599. The molecule has 0 spiro atoms. The summed E-state index contributed by atoms with van der Waals surface area (Å²) in [5.41, 5.74) is 2.62. The molecule has 0 heterocycles. The van der Waals surface area contributed by atoms with Crippen LogP contribution in [-0.4, -0.2) is 21.5 Å². The lowest BCUT2D eigenvalue weighted by Gasteiger charge is -2.13. The number of hydrogen-bond acceptors (Lipinski definition) is 4. The maximum Gasteiger partial charge on any atom is 0.337 e. The molecule has 0 aliphatic heterocycles. The number of carbonyl (C=O) groups is 1. The normalized spacial score (nSPS) is 11.0. The number of hydrogen-bond donors (Lipinski definition) is 1. The van der Waals surface area contributed by atoms with Crippen LogP contribution in [0.5, 0.6) is 0 Å². The summed E-state index contributed by atoms with van der Waals surface area (Å²) in [7, 11) is -2.60. The van der Waals surface area contributed by atoms with Gasteiger partial charge in [0.15, 0.2) is 0 Å². The Morgan fingerprint density at radius 2 is 1.63 bits per heavy atom. The maximum atomic E-state index is 12.8. The predicted molar refractivity (Wildman–Crippen MR) is 104 cm³/mol. The fourth-order valence-corrected chi connectivity index (χ4v) is 3.85. The number of nitrogens with one attached hydrogen (secondary N) is 1. The Labute approximate surface area is 158 Å². The van der Waals surface area contributed by atoms with Crippen molar-refractivity contribution in [1.82, 2.24) is 0 Å². The van der Waals surface area contributed by atoms with E-state index in [2.05, 4.69) is 9.46 Å². The van der Waals surface area contributed by atoms with E-state index in [9.17, 15) is 13.2 Å². The molecule has 0 fully saturated rings. The van der Waals surface area contributed by atoms with Crippen LogP contribution in [0.2, 0.25) is 0 Å². The molecule has 3 aromatic carbocycles. The SMILES string of the molecule is COC(=O)c1cccc(S(=O)(=O)Nc2ccccc2Cc2ccccc2)c1. The third-order valence-corrected chi connectivity index (χ3v) is 5.43. The summed E-state index contributed by atoms with van der Waals surface area (Å²) in [6.45, 7) is 0. The van der Waals surface area contributed by atoms with Crippen molar-refractivity contribution in [3.63, 3.8) is 0 Å². The summed E-state index contributed by atoms with van der Waals surface area (Å²) >= 11 is 0. The van der Waals surface area contributed by atoms with Crippen molar-refractivity contribution < 1.29 is 17.9 Å². The zero-order chi connectivity index (χ0) is 19.3. The van der Waals surface area contributed by atoms with E-state index >= 15 is 0 Å². The van der Waals surface area contributed by atoms with Gasteiger partial charge in [0.25, 0.3) is 10.0 Å². The van der Waals surface area contributed by atoms with E-state index in [1.165, 1.54) is 31.4 Å². The minimum atomic E-state index is -3.85. The van der Waals surface area contributed by atoms with Gasteiger partial charge in [0.1, 0.15) is 0 Å². The highest BCUT2D eigenvalue weighted by Crippen LogP contribution is 2.23. The van der Waals surface area contributed by atoms with Gasteiger partial charge in [-0.25, -0.2) is 13.2 Å². The van der Waals surface area contributed by atoms with Crippen LogP contribution in [-0.2, 0) is 21.2 Å². The molecule has 138 valence electrons. The first-order chi connectivity index (χ1) is 13.0. The number of ether oxygens (including phenoxy) is 1. The Balaban J connectivity index is 1.90. The fraction of sp³-hybridized carbons (Fsp3) is 0.0952. The molecule has 0 saturated carbocycles. The molecule has 5 nitrogen and oxygen atoms in total. The van der Waals surface area contributed by atoms with E-state index in [-0.39, 0.29) is 10.5 Å². The van der Waals surface area contributed by atoms with E-state index in [1.807, 2.05) is 42.5 Å². The van der Waals surface area contributed by atoms with Crippen LogP contribution in [0.1, 0.15) is 21.5 Å². The fourth-order valence-electron chi connectivity index (χ4n) is 2.70. The highest BCUT2D eigenvalue weighted by Gasteiger charge is 2.18. The number of methoxy groups -OCH3 is 1. The van der Waals surface area contributed by atoms with Gasteiger partial charge in [-0.3, -0.25) is 4.72 Å². The van der Waals surface area contributed by atoms with Gasteiger partial charge in [0.2, 0.25) is 0 Å². The zero-order valence-electron chi connectivity index (χ0n) is 14.8. The lowest BCUT2D eigenvalue weighted by Crippen LogP contribution is -2.15. The van der Waals surface area contributed by atoms with E-state index in [4.69, 9.17) is 0 Å². The largest absolute Gasteiger partial charge is 0.465 e. The average Bonchev–Trinajstić information content (AvgIpc) is 2.69. The van der Waals surface area contributed by atoms with Crippen molar-refractivity contribution in [2.45, 2.75) is 11.3 Å². The Morgan fingerprint density at radius 1 is 0.926 bits per heavy atom. The Hall–Kier alpha value is -3.12. The highest BCUT2D eigenvalue weighted by atomic mass is 32.2. The monoisotopic (exact) mass is 381 g/mol. The van der Waals surface area contributed by atoms with Crippen LogP contribution in [0.25, 0.3) is 0 Å². The number of esters is 1. The molecule has 0 bridgehead atoms. The van der Waals surface area contributed by atoms with Gasteiger partial charge in [0, 0.05) is 0 Å². The molecule has 1 N–H and O–H groups in total. The van der Waals surface area contributed by atoms with Gasteiger partial charge in [-0.15, -0.1) is 0 Å². The highest BCUT2D eigenvalue weighted by molar-refractivity contribution is 7.92. The smallest absolute Gasteiger partial charge is 0.337 e. The lowest BCUT2D eigenvalue weighted by molar-refractivity contribution is 0.0600. The van der Waals surface area contributed by atoms with Crippen molar-refractivity contribution in [3.8, 4) is 0 Å². The Kier molecular flexibility index (Phi) is 5.57. The first-order valence-corrected chi connectivity index (χ1v) is 9.81. The van der Waals surface area contributed by atoms with Crippen LogP contribution in [0.4, 0.5) is 5.69 Å². The Bertz CT molecular complexity index is 1050. The van der Waals surface area contributed by atoms with E-state index in [0.717, 1.165) is 11.1 Å². The van der Waals surface area contributed by atoms with Gasteiger partial charge in [-0.2, -0.15) is 0 Å². The quantitative estimate of drug-likeness (QED) is 0.658. The summed E-state index contributed by atoms with van der Waals surface area (Å²) in [5, 5.41) is 0. The molecule has 3 rings (SSSR count). The lowest BCUT2D eigenvalue weighted by atomic mass is 10.0. The molecular weight excluding hydrogens is 362 g/mol. The number of sulfonamides is 1. The average molecular weight is 381 g/mol. The van der Waals surface area contributed by atoms with Crippen molar-refractivity contribution >= 4 is 21.7 Å². The van der Waals surface area contributed by atoms with E-state index < -0.39 is 16.0 Å². The van der Waals surface area contributed by atoms with Crippen LogP contribution in [0.3, 0.4) is 0 Å². The molecule has 6 heteroatoms. The molecule has 27 heavy (non-hydrogen) atoms. The molecule has 0 atom stereocenters. The molecule has 0 amide bonds. The van der Waals surface area contributed by atoms with Crippen molar-refractivity contribution in [2.75, 3.05) is 11.8 Å². The number of carbonyl (C=O) groups excluding carboxylic acids is 1. The Morgan fingerprint density at radius 3 is 2.37 bits per heavy atom. The standard InChI is InChI=1S/C21H19NO4S/c1-26-21(23)18-11-7-12-19(15-18)27(24,25)22-20-13-6-5-10-17(20)14-16-8-3-2-4-9-16/h2-13,15,22H,14H2,1H3. The molecule has 0 aliphatic rings. The first-order valence-electron chi connectivity index (χ1n) is 8.32. The molecule has 0 radical (unpaired) electrons. The van der Waals surface area contributed by atoms with Gasteiger partial charge in [-0.1, -0.05) is 54.6 Å². The third-order valence-electron chi connectivity index (χ3n) is 4.06. The minimum absolute atomic E-state index is 0.0000795. The summed E-state index contributed by atoms with van der Waals surface area (Å²) in [5.74, 6) is -0.587. The van der Waals surface area contributed by atoms with Gasteiger partial charge in [0.05, 0.1) is 23.3 Å². The predicted octanol–water partition coefficient (Wildman–Crippen LogP) is 3.86. The number of benzene rings is 3. The van der Waals surface area contributed by atoms with Crippen molar-refractivity contribution in [1.29, 1.82) is 0 Å². The topological polar surface area (TPSA) is 72.5 Å². The molecule has 0 unspecified atom stereocenters. The molecule has 0 saturated heterocycles. The third kappa shape index (κ3) is 4.54. The van der Waals surface area contributed by atoms with Gasteiger partial charge >= 0.3 is 5.97 Å². The van der Waals surface area contributed by atoms with Gasteiger partial charge in [-0.05, 0) is 41.8 Å². The second kappa shape index (κ2) is 8.05. The first kappa shape index (κ1) is 18.7. The van der Waals surface area contributed by atoms with Crippen LogP contribution >= 0.6 is 0 Å². The van der Waals surface area contributed by atoms with Gasteiger partial charge < -0.3 is 4.74 Å². The van der Waals surface area contributed by atoms with Crippen LogP contribution < -0.4 is 4.72 Å². The second-order valence-electron chi connectivity index (χ2n) is 5.94. The molecular formula is C21H19NO4S. The second-order valence-corrected chi connectivity index (χ2v) is 7.63. The zero-order valence-corrected chi connectivity index (χ0v) is 15.6. The molecule has 3 aromatic rings. The summed E-state index contributed by atoms with van der Waals surface area (Å²) in [6, 6.07) is 22.8. The summed E-state index contributed by atoms with van der Waals surface area (Å²) < 4.78 is 32.9. The van der Waals surface area contributed by atoms with E-state index in [1.54, 1.807) is 12.1 Å². The summed E-state index contributed by atoms with van der Waals surface area (Å²) in [4.78, 5) is 11.7. The molecule has 0 aromatic heterocycles. The number of para-hydroxylation sites is 1. The number of rotatable bonds is 6. The number of anilines is 1. The van der Waals surface area contributed by atoms with Crippen LogP contribution in [0.15, 0.2) is 83.8 Å².